The molecule has 2 aromatic heterocycles. The summed E-state index contributed by atoms with van der Waals surface area (Å²) in [7, 11) is 0. The zero-order valence-corrected chi connectivity index (χ0v) is 13.6. The standard InChI is InChI=1S/C16H12FN5O2S/c17-13-3-1-11(2-4-13)9-19-20-14(23)10-25-16-22-21-15(24-16)12-5-7-18-8-6-12/h1-9H,10H2,(H,20,23)/b19-9+. The number of nitrogens with one attached hydrogen (secondary N) is 1. The van der Waals surface area contributed by atoms with E-state index in [-0.39, 0.29) is 22.7 Å². The topological polar surface area (TPSA) is 93.3 Å². The lowest BCUT2D eigenvalue weighted by molar-refractivity contribution is -0.118. The van der Waals surface area contributed by atoms with Crippen molar-refractivity contribution in [3.05, 3.63) is 60.2 Å². The summed E-state index contributed by atoms with van der Waals surface area (Å²) in [5, 5.41) is 11.9. The van der Waals surface area contributed by atoms with Crippen molar-refractivity contribution in [3.63, 3.8) is 0 Å². The second kappa shape index (κ2) is 8.15. The molecule has 3 aromatic rings. The number of benzene rings is 1. The molecule has 1 aromatic carbocycles. The molecule has 0 bridgehead atoms. The Balaban J connectivity index is 1.48. The van der Waals surface area contributed by atoms with Gasteiger partial charge in [-0.05, 0) is 29.8 Å². The first-order valence-corrected chi connectivity index (χ1v) is 8.13. The van der Waals surface area contributed by atoms with Gasteiger partial charge in [-0.2, -0.15) is 5.10 Å². The molecule has 1 N–H and O–H groups in total. The van der Waals surface area contributed by atoms with Crippen LogP contribution in [0, 0.1) is 5.82 Å². The Labute approximate surface area is 146 Å². The first-order valence-electron chi connectivity index (χ1n) is 7.15. The molecule has 0 atom stereocenters. The number of hydrogen-bond donors (Lipinski definition) is 1. The van der Waals surface area contributed by atoms with E-state index in [0.29, 0.717) is 11.5 Å². The smallest absolute Gasteiger partial charge is 0.277 e. The Morgan fingerprint density at radius 3 is 2.72 bits per heavy atom. The highest BCUT2D eigenvalue weighted by Crippen LogP contribution is 2.22. The van der Waals surface area contributed by atoms with Crippen molar-refractivity contribution in [1.82, 2.24) is 20.6 Å². The number of halogens is 1. The summed E-state index contributed by atoms with van der Waals surface area (Å²) in [4.78, 5) is 15.6. The van der Waals surface area contributed by atoms with Crippen LogP contribution in [0.15, 0.2) is 63.5 Å². The molecule has 2 heterocycles. The Hall–Kier alpha value is -3.07. The highest BCUT2D eigenvalue weighted by Gasteiger charge is 2.10. The number of hydrazone groups is 1. The monoisotopic (exact) mass is 357 g/mol. The van der Waals surface area contributed by atoms with Gasteiger partial charge in [0, 0.05) is 18.0 Å². The SMILES string of the molecule is O=C(CSc1nnc(-c2ccncc2)o1)N/N=C/c1ccc(F)cc1. The lowest BCUT2D eigenvalue weighted by Crippen LogP contribution is -2.19. The third-order valence-electron chi connectivity index (χ3n) is 2.93. The molecule has 9 heteroatoms. The number of carbonyl (C=O) groups is 1. The molecular formula is C16H12FN5O2S. The van der Waals surface area contributed by atoms with Gasteiger partial charge < -0.3 is 4.42 Å². The first kappa shape index (κ1) is 16.8. The van der Waals surface area contributed by atoms with Crippen LogP contribution < -0.4 is 5.43 Å². The number of hydrogen-bond acceptors (Lipinski definition) is 7. The van der Waals surface area contributed by atoms with Crippen LogP contribution in [0.25, 0.3) is 11.5 Å². The third kappa shape index (κ3) is 4.95. The summed E-state index contributed by atoms with van der Waals surface area (Å²) in [6.45, 7) is 0. The summed E-state index contributed by atoms with van der Waals surface area (Å²) >= 11 is 1.10. The molecule has 0 aliphatic heterocycles. The van der Waals surface area contributed by atoms with Gasteiger partial charge in [0.05, 0.1) is 12.0 Å². The van der Waals surface area contributed by atoms with Gasteiger partial charge in [0.15, 0.2) is 0 Å². The molecule has 0 saturated carbocycles. The minimum atomic E-state index is -0.330. The predicted octanol–water partition coefficient (Wildman–Crippen LogP) is 2.51. The van der Waals surface area contributed by atoms with E-state index in [0.717, 1.165) is 17.3 Å². The van der Waals surface area contributed by atoms with Gasteiger partial charge in [0.1, 0.15) is 5.82 Å². The van der Waals surface area contributed by atoms with Crippen molar-refractivity contribution < 1.29 is 13.6 Å². The normalized spacial score (nSPS) is 10.9. The van der Waals surface area contributed by atoms with Gasteiger partial charge in [0.25, 0.3) is 11.1 Å². The van der Waals surface area contributed by atoms with Gasteiger partial charge >= 0.3 is 0 Å². The second-order valence-corrected chi connectivity index (χ2v) is 5.67. The molecule has 0 fully saturated rings. The molecule has 0 aliphatic rings. The third-order valence-corrected chi connectivity index (χ3v) is 3.75. The summed E-state index contributed by atoms with van der Waals surface area (Å²) in [6, 6.07) is 9.24. The zero-order chi connectivity index (χ0) is 17.5. The number of rotatable bonds is 6. The number of amides is 1. The van der Waals surface area contributed by atoms with Crippen molar-refractivity contribution in [3.8, 4) is 11.5 Å². The van der Waals surface area contributed by atoms with Gasteiger partial charge in [-0.15, -0.1) is 10.2 Å². The van der Waals surface area contributed by atoms with Crippen LogP contribution in [0.1, 0.15) is 5.56 Å². The van der Waals surface area contributed by atoms with Crippen LogP contribution in [0.5, 0.6) is 0 Å². The lowest BCUT2D eigenvalue weighted by atomic mass is 10.2. The van der Waals surface area contributed by atoms with E-state index in [9.17, 15) is 9.18 Å². The summed E-state index contributed by atoms with van der Waals surface area (Å²) in [6.07, 6.45) is 4.67. The molecule has 126 valence electrons. The van der Waals surface area contributed by atoms with Crippen molar-refractivity contribution in [2.75, 3.05) is 5.75 Å². The average Bonchev–Trinajstić information content (AvgIpc) is 3.11. The molecule has 0 unspecified atom stereocenters. The Morgan fingerprint density at radius 1 is 1.20 bits per heavy atom. The maximum Gasteiger partial charge on any atom is 0.277 e. The highest BCUT2D eigenvalue weighted by atomic mass is 32.2. The molecule has 3 rings (SSSR count). The second-order valence-electron chi connectivity index (χ2n) is 4.74. The predicted molar refractivity (Wildman–Crippen MR) is 90.4 cm³/mol. The van der Waals surface area contributed by atoms with Gasteiger partial charge in [-0.25, -0.2) is 9.82 Å². The zero-order valence-electron chi connectivity index (χ0n) is 12.8. The quantitative estimate of drug-likeness (QED) is 0.414. The Kier molecular flexibility index (Phi) is 5.47. The molecule has 0 radical (unpaired) electrons. The van der Waals surface area contributed by atoms with Gasteiger partial charge in [0.2, 0.25) is 5.89 Å². The van der Waals surface area contributed by atoms with Crippen LogP contribution in [-0.4, -0.2) is 33.1 Å². The summed E-state index contributed by atoms with van der Waals surface area (Å²) in [5.74, 6) is -0.228. The lowest BCUT2D eigenvalue weighted by Gasteiger charge is -1.97. The summed E-state index contributed by atoms with van der Waals surface area (Å²) in [5.41, 5.74) is 3.80. The fraction of sp³-hybridized carbons (Fsp3) is 0.0625. The number of pyridine rings is 1. The average molecular weight is 357 g/mol. The van der Waals surface area contributed by atoms with Crippen LogP contribution in [-0.2, 0) is 4.79 Å². The number of thioether (sulfide) groups is 1. The minimum Gasteiger partial charge on any atom is -0.411 e. The van der Waals surface area contributed by atoms with Crippen LogP contribution >= 0.6 is 11.8 Å². The van der Waals surface area contributed by atoms with E-state index in [4.69, 9.17) is 4.42 Å². The molecule has 25 heavy (non-hydrogen) atoms. The first-order chi connectivity index (χ1) is 12.2. The van der Waals surface area contributed by atoms with Gasteiger partial charge in [-0.3, -0.25) is 9.78 Å². The maximum atomic E-state index is 12.8. The fourth-order valence-electron chi connectivity index (χ4n) is 1.77. The molecular weight excluding hydrogens is 345 g/mol. The Morgan fingerprint density at radius 2 is 1.96 bits per heavy atom. The van der Waals surface area contributed by atoms with E-state index in [2.05, 4.69) is 25.7 Å². The minimum absolute atomic E-state index is 0.0682. The highest BCUT2D eigenvalue weighted by molar-refractivity contribution is 7.99. The molecule has 7 nitrogen and oxygen atoms in total. The fourth-order valence-corrected chi connectivity index (χ4v) is 2.32. The van der Waals surface area contributed by atoms with Crippen molar-refractivity contribution in [1.29, 1.82) is 0 Å². The van der Waals surface area contributed by atoms with E-state index < -0.39 is 0 Å². The van der Waals surface area contributed by atoms with Crippen molar-refractivity contribution in [2.24, 2.45) is 5.10 Å². The number of nitrogens with zero attached hydrogens (tertiary/aromatic N) is 4. The van der Waals surface area contributed by atoms with Crippen LogP contribution in [0.2, 0.25) is 0 Å². The maximum absolute atomic E-state index is 12.8. The van der Waals surface area contributed by atoms with Crippen molar-refractivity contribution in [2.45, 2.75) is 5.22 Å². The molecule has 1 amide bonds. The van der Waals surface area contributed by atoms with Gasteiger partial charge in [-0.1, -0.05) is 23.9 Å². The van der Waals surface area contributed by atoms with E-state index in [1.165, 1.54) is 18.3 Å². The van der Waals surface area contributed by atoms with Crippen LogP contribution in [0.3, 0.4) is 0 Å². The molecule has 0 spiro atoms. The number of carbonyl (C=O) groups excluding carboxylic acids is 1. The molecule has 0 aliphatic carbocycles. The number of aromatic nitrogens is 3. The summed E-state index contributed by atoms with van der Waals surface area (Å²) < 4.78 is 18.2. The van der Waals surface area contributed by atoms with E-state index >= 15 is 0 Å². The van der Waals surface area contributed by atoms with Crippen LogP contribution in [0.4, 0.5) is 4.39 Å². The largest absolute Gasteiger partial charge is 0.411 e. The Bertz CT molecular complexity index is 868. The molecule has 0 saturated heterocycles. The van der Waals surface area contributed by atoms with E-state index in [1.807, 2.05) is 0 Å². The van der Waals surface area contributed by atoms with Crippen molar-refractivity contribution >= 4 is 23.9 Å². The van der Waals surface area contributed by atoms with E-state index in [1.54, 1.807) is 36.7 Å².